The maximum atomic E-state index is 11.5. The van der Waals surface area contributed by atoms with Gasteiger partial charge in [-0.1, -0.05) is 35.0 Å². The van der Waals surface area contributed by atoms with E-state index in [2.05, 4.69) is 45.6 Å². The molecule has 0 spiro atoms. The standard InChI is InChI=1S/C15H23BrN2O/c1-4-14(12-5-7-13(16)8-6-12)17-10-9-15(19)18-11(2)3/h5-8,11,14,17H,4,9-10H2,1-3H3,(H,18,19). The van der Waals surface area contributed by atoms with Gasteiger partial charge in [0, 0.05) is 29.5 Å². The van der Waals surface area contributed by atoms with Gasteiger partial charge in [0.25, 0.3) is 0 Å². The Morgan fingerprint density at radius 2 is 1.89 bits per heavy atom. The molecule has 0 aliphatic rings. The summed E-state index contributed by atoms with van der Waals surface area (Å²) >= 11 is 3.44. The van der Waals surface area contributed by atoms with Crippen molar-refractivity contribution in [3.05, 3.63) is 34.3 Å². The third-order valence-electron chi connectivity index (χ3n) is 2.87. The Morgan fingerprint density at radius 3 is 2.42 bits per heavy atom. The van der Waals surface area contributed by atoms with E-state index in [9.17, 15) is 4.79 Å². The summed E-state index contributed by atoms with van der Waals surface area (Å²) in [4.78, 5) is 11.5. The fourth-order valence-corrected chi connectivity index (χ4v) is 2.21. The van der Waals surface area contributed by atoms with Crippen LogP contribution in [0.5, 0.6) is 0 Å². The Balaban J connectivity index is 2.41. The fraction of sp³-hybridized carbons (Fsp3) is 0.533. The molecule has 1 amide bonds. The molecule has 2 N–H and O–H groups in total. The first-order valence-electron chi connectivity index (χ1n) is 6.81. The number of carbonyl (C=O) groups excluding carboxylic acids is 1. The number of amides is 1. The maximum absolute atomic E-state index is 11.5. The van der Waals surface area contributed by atoms with Crippen molar-refractivity contribution < 1.29 is 4.79 Å². The molecule has 0 fully saturated rings. The van der Waals surface area contributed by atoms with Crippen LogP contribution < -0.4 is 10.6 Å². The highest BCUT2D eigenvalue weighted by Crippen LogP contribution is 2.19. The minimum atomic E-state index is 0.105. The first-order chi connectivity index (χ1) is 9.02. The van der Waals surface area contributed by atoms with Crippen LogP contribution in [0.1, 0.15) is 45.2 Å². The predicted molar refractivity (Wildman–Crippen MR) is 83.1 cm³/mol. The zero-order chi connectivity index (χ0) is 14.3. The van der Waals surface area contributed by atoms with Gasteiger partial charge < -0.3 is 10.6 Å². The first kappa shape index (κ1) is 16.2. The average Bonchev–Trinajstić information content (AvgIpc) is 2.35. The van der Waals surface area contributed by atoms with Gasteiger partial charge in [-0.15, -0.1) is 0 Å². The number of carbonyl (C=O) groups is 1. The SMILES string of the molecule is CCC(NCCC(=O)NC(C)C)c1ccc(Br)cc1. The Hall–Kier alpha value is -0.870. The molecule has 106 valence electrons. The molecule has 19 heavy (non-hydrogen) atoms. The molecular weight excluding hydrogens is 304 g/mol. The van der Waals surface area contributed by atoms with Crippen molar-refractivity contribution in [2.45, 2.75) is 45.7 Å². The normalized spacial score (nSPS) is 12.5. The molecule has 1 aromatic rings. The number of rotatable bonds is 7. The lowest BCUT2D eigenvalue weighted by Gasteiger charge is -2.17. The van der Waals surface area contributed by atoms with Gasteiger partial charge in [-0.25, -0.2) is 0 Å². The van der Waals surface area contributed by atoms with Gasteiger partial charge in [0.05, 0.1) is 0 Å². The lowest BCUT2D eigenvalue weighted by molar-refractivity contribution is -0.121. The second kappa shape index (κ2) is 8.33. The number of halogens is 1. The quantitative estimate of drug-likeness (QED) is 0.806. The molecule has 0 aliphatic heterocycles. The Bertz CT molecular complexity index is 390. The van der Waals surface area contributed by atoms with E-state index >= 15 is 0 Å². The summed E-state index contributed by atoms with van der Waals surface area (Å²) < 4.78 is 1.09. The largest absolute Gasteiger partial charge is 0.354 e. The van der Waals surface area contributed by atoms with Crippen LogP contribution in [0, 0.1) is 0 Å². The lowest BCUT2D eigenvalue weighted by Crippen LogP contribution is -2.33. The smallest absolute Gasteiger partial charge is 0.221 e. The Kier molecular flexibility index (Phi) is 7.10. The summed E-state index contributed by atoms with van der Waals surface area (Å²) in [6.45, 7) is 6.80. The lowest BCUT2D eigenvalue weighted by atomic mass is 10.0. The van der Waals surface area contributed by atoms with Crippen LogP contribution in [0.2, 0.25) is 0 Å². The highest BCUT2D eigenvalue weighted by atomic mass is 79.9. The number of benzene rings is 1. The molecule has 0 saturated carbocycles. The van der Waals surface area contributed by atoms with Gasteiger partial charge in [-0.05, 0) is 38.0 Å². The van der Waals surface area contributed by atoms with Gasteiger partial charge in [0.1, 0.15) is 0 Å². The van der Waals surface area contributed by atoms with Crippen molar-refractivity contribution in [3.63, 3.8) is 0 Å². The molecule has 0 saturated heterocycles. The minimum absolute atomic E-state index is 0.105. The summed E-state index contributed by atoms with van der Waals surface area (Å²) in [7, 11) is 0. The van der Waals surface area contributed by atoms with Crippen LogP contribution in [0.25, 0.3) is 0 Å². The topological polar surface area (TPSA) is 41.1 Å². The van der Waals surface area contributed by atoms with E-state index in [0.29, 0.717) is 19.0 Å². The van der Waals surface area contributed by atoms with Gasteiger partial charge in [-0.3, -0.25) is 4.79 Å². The third-order valence-corrected chi connectivity index (χ3v) is 3.40. The van der Waals surface area contributed by atoms with Crippen LogP contribution >= 0.6 is 15.9 Å². The second-order valence-electron chi connectivity index (χ2n) is 4.94. The summed E-state index contributed by atoms with van der Waals surface area (Å²) in [5.41, 5.74) is 1.26. The molecule has 0 aliphatic carbocycles. The molecule has 3 nitrogen and oxygen atoms in total. The molecule has 1 atom stereocenters. The molecule has 0 bridgehead atoms. The summed E-state index contributed by atoms with van der Waals surface area (Å²) in [5.74, 6) is 0.105. The van der Waals surface area contributed by atoms with Crippen molar-refractivity contribution in [2.24, 2.45) is 0 Å². The Morgan fingerprint density at radius 1 is 1.26 bits per heavy atom. The van der Waals surface area contributed by atoms with E-state index in [1.54, 1.807) is 0 Å². The van der Waals surface area contributed by atoms with Crippen LogP contribution in [0.4, 0.5) is 0 Å². The molecule has 4 heteroatoms. The van der Waals surface area contributed by atoms with Crippen LogP contribution in [0.3, 0.4) is 0 Å². The molecule has 1 rings (SSSR count). The van der Waals surface area contributed by atoms with Gasteiger partial charge >= 0.3 is 0 Å². The fourth-order valence-electron chi connectivity index (χ4n) is 1.95. The highest BCUT2D eigenvalue weighted by molar-refractivity contribution is 9.10. The number of nitrogens with one attached hydrogen (secondary N) is 2. The van der Waals surface area contributed by atoms with E-state index in [1.807, 2.05) is 26.0 Å². The molecule has 0 heterocycles. The molecular formula is C15H23BrN2O. The third kappa shape index (κ3) is 6.21. The average molecular weight is 327 g/mol. The Labute approximate surface area is 124 Å². The zero-order valence-electron chi connectivity index (χ0n) is 11.9. The van der Waals surface area contributed by atoms with Crippen molar-refractivity contribution in [1.29, 1.82) is 0 Å². The van der Waals surface area contributed by atoms with Crippen molar-refractivity contribution in [2.75, 3.05) is 6.54 Å². The number of hydrogen-bond donors (Lipinski definition) is 2. The van der Waals surface area contributed by atoms with E-state index in [1.165, 1.54) is 5.56 Å². The van der Waals surface area contributed by atoms with E-state index < -0.39 is 0 Å². The predicted octanol–water partition coefficient (Wildman–Crippen LogP) is 3.40. The summed E-state index contributed by atoms with van der Waals surface area (Å²) in [6, 6.07) is 8.83. The minimum Gasteiger partial charge on any atom is -0.354 e. The summed E-state index contributed by atoms with van der Waals surface area (Å²) in [6.07, 6.45) is 1.53. The van der Waals surface area contributed by atoms with Gasteiger partial charge in [0.2, 0.25) is 5.91 Å². The highest BCUT2D eigenvalue weighted by Gasteiger charge is 2.09. The van der Waals surface area contributed by atoms with Crippen molar-refractivity contribution in [3.8, 4) is 0 Å². The van der Waals surface area contributed by atoms with Gasteiger partial charge in [-0.2, -0.15) is 0 Å². The van der Waals surface area contributed by atoms with Gasteiger partial charge in [0.15, 0.2) is 0 Å². The second-order valence-corrected chi connectivity index (χ2v) is 5.85. The zero-order valence-corrected chi connectivity index (χ0v) is 13.5. The van der Waals surface area contributed by atoms with E-state index in [0.717, 1.165) is 10.9 Å². The molecule has 0 radical (unpaired) electrons. The van der Waals surface area contributed by atoms with Crippen molar-refractivity contribution >= 4 is 21.8 Å². The van der Waals surface area contributed by atoms with Crippen molar-refractivity contribution in [1.82, 2.24) is 10.6 Å². The van der Waals surface area contributed by atoms with Crippen LogP contribution in [-0.2, 0) is 4.79 Å². The first-order valence-corrected chi connectivity index (χ1v) is 7.60. The van der Waals surface area contributed by atoms with E-state index in [-0.39, 0.29) is 11.9 Å². The molecule has 0 aromatic heterocycles. The monoisotopic (exact) mass is 326 g/mol. The molecule has 1 aromatic carbocycles. The van der Waals surface area contributed by atoms with Crippen LogP contribution in [0.15, 0.2) is 28.7 Å². The maximum Gasteiger partial charge on any atom is 0.221 e. The van der Waals surface area contributed by atoms with E-state index in [4.69, 9.17) is 0 Å². The molecule has 1 unspecified atom stereocenters. The summed E-state index contributed by atoms with van der Waals surface area (Å²) in [5, 5.41) is 6.33. The number of hydrogen-bond acceptors (Lipinski definition) is 2. The van der Waals surface area contributed by atoms with Crippen LogP contribution in [-0.4, -0.2) is 18.5 Å².